The third kappa shape index (κ3) is 5.01. The molecule has 0 heterocycles. The fourth-order valence-corrected chi connectivity index (χ4v) is 2.22. The van der Waals surface area contributed by atoms with Gasteiger partial charge in [0.15, 0.2) is 0 Å². The predicted molar refractivity (Wildman–Crippen MR) is 67.5 cm³/mol. The van der Waals surface area contributed by atoms with E-state index in [1.807, 2.05) is 0 Å². The Bertz CT molecular complexity index is 296. The molecule has 2 amide bonds. The van der Waals surface area contributed by atoms with Crippen molar-refractivity contribution in [2.45, 2.75) is 32.2 Å². The quantitative estimate of drug-likeness (QED) is 0.550. The molecule has 0 spiro atoms. The molecule has 1 aliphatic rings. The highest BCUT2D eigenvalue weighted by Crippen LogP contribution is 2.27. The topological polar surface area (TPSA) is 107 Å². The fourth-order valence-electron chi connectivity index (χ4n) is 2.22. The Balaban J connectivity index is 2.15. The van der Waals surface area contributed by atoms with Crippen molar-refractivity contribution >= 4 is 11.8 Å². The normalized spacial score (nSPS) is 27.8. The number of ether oxygens (including phenoxy) is 1. The van der Waals surface area contributed by atoms with Crippen molar-refractivity contribution in [3.63, 3.8) is 0 Å². The molecule has 0 aliphatic heterocycles. The number of carbonyl (C=O) groups excluding carboxylic acids is 2. The molecular weight excluding hydrogens is 234 g/mol. The molecule has 1 saturated carbocycles. The van der Waals surface area contributed by atoms with Crippen molar-refractivity contribution in [1.82, 2.24) is 5.32 Å². The highest BCUT2D eigenvalue weighted by Gasteiger charge is 2.29. The Hall–Kier alpha value is -1.14. The summed E-state index contributed by atoms with van der Waals surface area (Å²) in [4.78, 5) is 22.3. The molecule has 0 radical (unpaired) electrons. The van der Waals surface area contributed by atoms with Gasteiger partial charge >= 0.3 is 0 Å². The van der Waals surface area contributed by atoms with Crippen molar-refractivity contribution < 1.29 is 14.3 Å². The summed E-state index contributed by atoms with van der Waals surface area (Å²) in [5, 5.41) is 2.80. The lowest BCUT2D eigenvalue weighted by Gasteiger charge is -2.31. The van der Waals surface area contributed by atoms with Gasteiger partial charge in [-0.1, -0.05) is 6.92 Å². The first-order valence-corrected chi connectivity index (χ1v) is 6.40. The second kappa shape index (κ2) is 7.33. The summed E-state index contributed by atoms with van der Waals surface area (Å²) in [6.45, 7) is 2.69. The van der Waals surface area contributed by atoms with Crippen LogP contribution < -0.4 is 16.8 Å². The minimum atomic E-state index is -0.503. The molecule has 1 fully saturated rings. The monoisotopic (exact) mass is 257 g/mol. The minimum Gasteiger partial charge on any atom is -0.370 e. The summed E-state index contributed by atoms with van der Waals surface area (Å²) >= 11 is 0. The van der Waals surface area contributed by atoms with E-state index in [0.29, 0.717) is 19.1 Å². The van der Waals surface area contributed by atoms with Gasteiger partial charge in [0.05, 0.1) is 6.61 Å². The van der Waals surface area contributed by atoms with E-state index >= 15 is 0 Å². The van der Waals surface area contributed by atoms with E-state index in [1.165, 1.54) is 0 Å². The third-order valence-corrected chi connectivity index (χ3v) is 3.40. The number of hydrogen-bond donors (Lipinski definition) is 3. The first kappa shape index (κ1) is 14.9. The summed E-state index contributed by atoms with van der Waals surface area (Å²) < 4.78 is 4.96. The maximum atomic E-state index is 11.8. The van der Waals surface area contributed by atoms with E-state index in [4.69, 9.17) is 16.2 Å². The molecule has 6 nitrogen and oxygen atoms in total. The fraction of sp³-hybridized carbons (Fsp3) is 0.833. The first-order chi connectivity index (χ1) is 8.50. The zero-order valence-corrected chi connectivity index (χ0v) is 10.9. The molecule has 3 unspecified atom stereocenters. The van der Waals surface area contributed by atoms with Crippen molar-refractivity contribution in [2.24, 2.45) is 23.3 Å². The van der Waals surface area contributed by atoms with Crippen LogP contribution in [0.4, 0.5) is 0 Å². The zero-order chi connectivity index (χ0) is 13.5. The second-order valence-corrected chi connectivity index (χ2v) is 4.96. The lowest BCUT2D eigenvalue weighted by Crippen LogP contribution is -2.41. The van der Waals surface area contributed by atoms with E-state index in [1.54, 1.807) is 0 Å². The molecule has 0 aromatic heterocycles. The Morgan fingerprint density at radius 1 is 1.39 bits per heavy atom. The summed E-state index contributed by atoms with van der Waals surface area (Å²) in [7, 11) is 0. The van der Waals surface area contributed by atoms with E-state index in [9.17, 15) is 9.59 Å². The van der Waals surface area contributed by atoms with Gasteiger partial charge in [0.1, 0.15) is 6.61 Å². The summed E-state index contributed by atoms with van der Waals surface area (Å²) in [5.41, 5.74) is 10.8. The van der Waals surface area contributed by atoms with Crippen LogP contribution in [0.15, 0.2) is 0 Å². The molecule has 0 saturated heterocycles. The van der Waals surface area contributed by atoms with Crippen LogP contribution in [-0.4, -0.2) is 37.6 Å². The molecule has 5 N–H and O–H groups in total. The van der Waals surface area contributed by atoms with Gasteiger partial charge in [0, 0.05) is 18.5 Å². The number of nitrogens with two attached hydrogens (primary N) is 2. The van der Waals surface area contributed by atoms with Gasteiger partial charge in [-0.25, -0.2) is 0 Å². The van der Waals surface area contributed by atoms with E-state index < -0.39 is 5.91 Å². The van der Waals surface area contributed by atoms with Crippen LogP contribution in [0.5, 0.6) is 0 Å². The van der Waals surface area contributed by atoms with E-state index in [-0.39, 0.29) is 24.5 Å². The Morgan fingerprint density at radius 2 is 2.11 bits per heavy atom. The summed E-state index contributed by atoms with van der Waals surface area (Å²) in [6, 6.07) is 0.216. The van der Waals surface area contributed by atoms with E-state index in [0.717, 1.165) is 19.3 Å². The van der Waals surface area contributed by atoms with Crippen molar-refractivity contribution in [1.29, 1.82) is 0 Å². The predicted octanol–water partition coefficient (Wildman–Crippen LogP) is -0.632. The highest BCUT2D eigenvalue weighted by molar-refractivity contribution is 5.78. The number of primary amides is 1. The number of carbonyl (C=O) groups is 2. The lowest BCUT2D eigenvalue weighted by molar-refractivity contribution is -0.126. The van der Waals surface area contributed by atoms with Gasteiger partial charge in [-0.3, -0.25) is 9.59 Å². The smallest absolute Gasteiger partial charge is 0.243 e. The van der Waals surface area contributed by atoms with Gasteiger partial charge in [0.25, 0.3) is 0 Å². The van der Waals surface area contributed by atoms with Crippen LogP contribution in [0.25, 0.3) is 0 Å². The van der Waals surface area contributed by atoms with Crippen LogP contribution >= 0.6 is 0 Å². The zero-order valence-electron chi connectivity index (χ0n) is 10.9. The molecule has 1 aliphatic carbocycles. The molecule has 3 atom stereocenters. The van der Waals surface area contributed by atoms with Crippen molar-refractivity contribution in [3.8, 4) is 0 Å². The third-order valence-electron chi connectivity index (χ3n) is 3.40. The Morgan fingerprint density at radius 3 is 2.72 bits per heavy atom. The SMILES string of the molecule is CC1CC(C(=O)NCCOCC(N)=O)CCC1N. The van der Waals surface area contributed by atoms with Gasteiger partial charge in [0.2, 0.25) is 11.8 Å². The van der Waals surface area contributed by atoms with Crippen LogP contribution in [-0.2, 0) is 14.3 Å². The molecule has 104 valence electrons. The average molecular weight is 257 g/mol. The lowest BCUT2D eigenvalue weighted by atomic mass is 9.79. The number of amides is 2. The molecule has 0 aromatic carbocycles. The van der Waals surface area contributed by atoms with Crippen LogP contribution in [0.3, 0.4) is 0 Å². The molecule has 18 heavy (non-hydrogen) atoms. The molecule has 6 heteroatoms. The van der Waals surface area contributed by atoms with Gasteiger partial charge in [-0.2, -0.15) is 0 Å². The van der Waals surface area contributed by atoms with E-state index in [2.05, 4.69) is 12.2 Å². The largest absolute Gasteiger partial charge is 0.370 e. The number of hydrogen-bond acceptors (Lipinski definition) is 4. The van der Waals surface area contributed by atoms with Crippen LogP contribution in [0, 0.1) is 11.8 Å². The summed E-state index contributed by atoms with van der Waals surface area (Å²) in [6.07, 6.45) is 2.59. The number of nitrogens with one attached hydrogen (secondary N) is 1. The highest BCUT2D eigenvalue weighted by atomic mass is 16.5. The molecule has 0 bridgehead atoms. The van der Waals surface area contributed by atoms with Gasteiger partial charge in [-0.15, -0.1) is 0 Å². The van der Waals surface area contributed by atoms with Gasteiger partial charge < -0.3 is 21.5 Å². The standard InChI is InChI=1S/C12H23N3O3/c1-8-6-9(2-3-10(8)13)12(17)15-4-5-18-7-11(14)16/h8-10H,2-7,13H2,1H3,(H2,14,16)(H,15,17). The Labute approximate surface area is 107 Å². The van der Waals surface area contributed by atoms with Crippen molar-refractivity contribution in [2.75, 3.05) is 19.8 Å². The first-order valence-electron chi connectivity index (χ1n) is 6.40. The average Bonchev–Trinajstić information content (AvgIpc) is 2.31. The minimum absolute atomic E-state index is 0.0518. The summed E-state index contributed by atoms with van der Waals surface area (Å²) in [5.74, 6) is -0.00982. The molecule has 1 rings (SSSR count). The van der Waals surface area contributed by atoms with Crippen LogP contribution in [0.1, 0.15) is 26.2 Å². The van der Waals surface area contributed by atoms with Gasteiger partial charge in [-0.05, 0) is 25.2 Å². The Kier molecular flexibility index (Phi) is 6.07. The second-order valence-electron chi connectivity index (χ2n) is 4.96. The maximum absolute atomic E-state index is 11.8. The number of rotatable bonds is 6. The van der Waals surface area contributed by atoms with Crippen molar-refractivity contribution in [3.05, 3.63) is 0 Å². The van der Waals surface area contributed by atoms with Crippen LogP contribution in [0.2, 0.25) is 0 Å². The molecular formula is C12H23N3O3. The maximum Gasteiger partial charge on any atom is 0.243 e. The molecule has 0 aromatic rings.